The molecular weight excluding hydrogens is 332 g/mol. The van der Waals surface area contributed by atoms with Gasteiger partial charge in [-0.3, -0.25) is 0 Å². The number of benzene rings is 1. The molecule has 1 aliphatic rings. The quantitative estimate of drug-likeness (QED) is 0.745. The molecule has 26 heavy (non-hydrogen) atoms. The molecule has 2 aromatic heterocycles. The molecule has 0 bridgehead atoms. The summed E-state index contributed by atoms with van der Waals surface area (Å²) in [6.07, 6.45) is 1.05. The number of hydrogen-bond donors (Lipinski definition) is 2. The van der Waals surface area contributed by atoms with Crippen LogP contribution in [0.25, 0.3) is 11.0 Å². The van der Waals surface area contributed by atoms with E-state index in [-0.39, 0.29) is 6.04 Å². The van der Waals surface area contributed by atoms with E-state index in [0.29, 0.717) is 23.4 Å². The minimum atomic E-state index is -1.06. The Labute approximate surface area is 150 Å². The number of nitriles is 1. The zero-order valence-electron chi connectivity index (χ0n) is 14.1. The van der Waals surface area contributed by atoms with Crippen LogP contribution < -0.4 is 4.74 Å². The van der Waals surface area contributed by atoms with E-state index in [1.54, 1.807) is 24.3 Å². The standard InChI is InChI=1S/C19H18N4O3/c1-11-13-6-7-23(19(13)22-10-21-11)14-8-16(18(25)17(14)24)26-15-5-3-2-4-12(15)9-20/h2-7,10,14,16-18,24-25H,8H2,1H3/t14-,16+,17+,18-/m0/s1. The molecule has 7 heteroatoms. The zero-order chi connectivity index (χ0) is 18.3. The molecule has 1 aromatic carbocycles. The van der Waals surface area contributed by atoms with Crippen LogP contribution in [0.1, 0.15) is 23.7 Å². The maximum absolute atomic E-state index is 10.6. The summed E-state index contributed by atoms with van der Waals surface area (Å²) in [6, 6.07) is 10.5. The highest BCUT2D eigenvalue weighted by molar-refractivity contribution is 5.78. The lowest BCUT2D eigenvalue weighted by atomic mass is 10.2. The van der Waals surface area contributed by atoms with E-state index < -0.39 is 18.3 Å². The first-order valence-electron chi connectivity index (χ1n) is 8.40. The number of rotatable bonds is 3. The first kappa shape index (κ1) is 16.5. The van der Waals surface area contributed by atoms with Crippen molar-refractivity contribution >= 4 is 11.0 Å². The first-order chi connectivity index (χ1) is 12.6. The topological polar surface area (TPSA) is 104 Å². The van der Waals surface area contributed by atoms with E-state index in [9.17, 15) is 15.5 Å². The number of para-hydroxylation sites is 1. The highest BCUT2D eigenvalue weighted by Gasteiger charge is 2.44. The number of aliphatic hydroxyl groups excluding tert-OH is 2. The van der Waals surface area contributed by atoms with Crippen LogP contribution in [-0.2, 0) is 0 Å². The van der Waals surface area contributed by atoms with Gasteiger partial charge in [0.2, 0.25) is 0 Å². The van der Waals surface area contributed by atoms with E-state index in [1.807, 2.05) is 23.8 Å². The average Bonchev–Trinajstić information content (AvgIpc) is 3.20. The van der Waals surface area contributed by atoms with E-state index in [0.717, 1.165) is 11.1 Å². The molecule has 1 aliphatic carbocycles. The van der Waals surface area contributed by atoms with Crippen LogP contribution in [-0.4, -0.2) is 43.1 Å². The van der Waals surface area contributed by atoms with Crippen molar-refractivity contribution in [1.29, 1.82) is 5.26 Å². The zero-order valence-corrected chi connectivity index (χ0v) is 14.1. The lowest BCUT2D eigenvalue weighted by Crippen LogP contribution is -2.34. The van der Waals surface area contributed by atoms with Gasteiger partial charge < -0.3 is 19.5 Å². The molecule has 0 radical (unpaired) electrons. The fourth-order valence-electron chi connectivity index (χ4n) is 3.55. The number of aryl methyl sites for hydroxylation is 1. The van der Waals surface area contributed by atoms with Crippen LogP contribution in [0.2, 0.25) is 0 Å². The number of fused-ring (bicyclic) bond motifs is 1. The van der Waals surface area contributed by atoms with Crippen LogP contribution in [0.5, 0.6) is 5.75 Å². The van der Waals surface area contributed by atoms with Crippen LogP contribution in [0.15, 0.2) is 42.9 Å². The molecule has 0 spiro atoms. The molecule has 1 fully saturated rings. The predicted octanol–water partition coefficient (Wildman–Crippen LogP) is 1.73. The molecule has 4 rings (SSSR count). The maximum Gasteiger partial charge on any atom is 0.143 e. The average molecular weight is 350 g/mol. The van der Waals surface area contributed by atoms with Crippen LogP contribution in [0, 0.1) is 18.3 Å². The van der Waals surface area contributed by atoms with Gasteiger partial charge in [-0.05, 0) is 25.1 Å². The Morgan fingerprint density at radius 1 is 1.19 bits per heavy atom. The van der Waals surface area contributed by atoms with Gasteiger partial charge in [0.1, 0.15) is 42.1 Å². The van der Waals surface area contributed by atoms with Crippen LogP contribution in [0.3, 0.4) is 0 Å². The van der Waals surface area contributed by atoms with Crippen molar-refractivity contribution < 1.29 is 14.9 Å². The maximum atomic E-state index is 10.6. The molecule has 3 aromatic rings. The van der Waals surface area contributed by atoms with E-state index in [4.69, 9.17) is 4.74 Å². The summed E-state index contributed by atoms with van der Waals surface area (Å²) in [5.74, 6) is 0.405. The lowest BCUT2D eigenvalue weighted by molar-refractivity contribution is -0.0164. The Morgan fingerprint density at radius 2 is 2.00 bits per heavy atom. The highest BCUT2D eigenvalue weighted by Crippen LogP contribution is 2.36. The number of nitrogens with zero attached hydrogens (tertiary/aromatic N) is 4. The minimum absolute atomic E-state index is 0.379. The lowest BCUT2D eigenvalue weighted by Gasteiger charge is -2.19. The molecule has 4 atom stereocenters. The second kappa shape index (κ2) is 6.41. The van der Waals surface area contributed by atoms with E-state index in [1.165, 1.54) is 6.33 Å². The predicted molar refractivity (Wildman–Crippen MR) is 93.5 cm³/mol. The molecular formula is C19H18N4O3. The molecule has 2 N–H and O–H groups in total. The van der Waals surface area contributed by atoms with Crippen molar-refractivity contribution in [1.82, 2.24) is 14.5 Å². The summed E-state index contributed by atoms with van der Waals surface area (Å²) >= 11 is 0. The van der Waals surface area contributed by atoms with Gasteiger partial charge >= 0.3 is 0 Å². The Bertz CT molecular complexity index is 994. The summed E-state index contributed by atoms with van der Waals surface area (Å²) < 4.78 is 7.72. The van der Waals surface area contributed by atoms with Crippen molar-refractivity contribution in [3.05, 3.63) is 54.1 Å². The summed E-state index contributed by atoms with van der Waals surface area (Å²) in [5.41, 5.74) is 1.97. The van der Waals surface area contributed by atoms with E-state index in [2.05, 4.69) is 16.0 Å². The van der Waals surface area contributed by atoms with Gasteiger partial charge in [0.25, 0.3) is 0 Å². The number of hydrogen-bond acceptors (Lipinski definition) is 6. The molecule has 2 heterocycles. The van der Waals surface area contributed by atoms with Gasteiger partial charge in [-0.25, -0.2) is 9.97 Å². The van der Waals surface area contributed by atoms with Gasteiger partial charge in [0.15, 0.2) is 0 Å². The van der Waals surface area contributed by atoms with Crippen LogP contribution >= 0.6 is 0 Å². The Kier molecular flexibility index (Phi) is 4.07. The summed E-state index contributed by atoms with van der Waals surface area (Å²) in [6.45, 7) is 1.90. The van der Waals surface area contributed by atoms with Gasteiger partial charge in [-0.15, -0.1) is 0 Å². The highest BCUT2D eigenvalue weighted by atomic mass is 16.5. The molecule has 132 valence electrons. The third kappa shape index (κ3) is 2.60. The summed E-state index contributed by atoms with van der Waals surface area (Å²) in [4.78, 5) is 8.50. The third-order valence-electron chi connectivity index (χ3n) is 4.95. The van der Waals surface area contributed by atoms with Crippen molar-refractivity contribution in [2.75, 3.05) is 0 Å². The van der Waals surface area contributed by atoms with Gasteiger partial charge in [-0.1, -0.05) is 12.1 Å². The van der Waals surface area contributed by atoms with Gasteiger partial charge in [0, 0.05) is 18.0 Å². The van der Waals surface area contributed by atoms with Gasteiger partial charge in [0.05, 0.1) is 17.3 Å². The fourth-order valence-corrected chi connectivity index (χ4v) is 3.55. The summed E-state index contributed by atoms with van der Waals surface area (Å²) in [7, 11) is 0. The molecule has 0 saturated heterocycles. The fraction of sp³-hybridized carbons (Fsp3) is 0.316. The summed E-state index contributed by atoms with van der Waals surface area (Å²) in [5, 5.41) is 31.2. The molecule has 0 unspecified atom stereocenters. The largest absolute Gasteiger partial charge is 0.486 e. The third-order valence-corrected chi connectivity index (χ3v) is 4.95. The normalized spacial score (nSPS) is 25.3. The monoisotopic (exact) mass is 350 g/mol. The number of aliphatic hydroxyl groups is 2. The Hall–Kier alpha value is -2.95. The Balaban J connectivity index is 1.64. The minimum Gasteiger partial charge on any atom is -0.486 e. The van der Waals surface area contributed by atoms with Crippen molar-refractivity contribution in [3.8, 4) is 11.8 Å². The first-order valence-corrected chi connectivity index (χ1v) is 8.40. The SMILES string of the molecule is Cc1ncnc2c1ccn2[C@H]1C[C@@H](Oc2ccccc2C#N)[C@H](O)[C@@H]1O. The van der Waals surface area contributed by atoms with Crippen LogP contribution in [0.4, 0.5) is 0 Å². The van der Waals surface area contributed by atoms with Gasteiger partial charge in [-0.2, -0.15) is 5.26 Å². The molecule has 1 saturated carbocycles. The number of aromatic nitrogens is 3. The smallest absolute Gasteiger partial charge is 0.143 e. The second-order valence-corrected chi connectivity index (χ2v) is 6.47. The van der Waals surface area contributed by atoms with Crippen molar-refractivity contribution in [2.24, 2.45) is 0 Å². The second-order valence-electron chi connectivity index (χ2n) is 6.47. The molecule has 7 nitrogen and oxygen atoms in total. The van der Waals surface area contributed by atoms with Crippen molar-refractivity contribution in [3.63, 3.8) is 0 Å². The van der Waals surface area contributed by atoms with Crippen molar-refractivity contribution in [2.45, 2.75) is 37.7 Å². The Morgan fingerprint density at radius 3 is 2.81 bits per heavy atom. The number of ether oxygens (including phenoxy) is 1. The molecule has 0 amide bonds. The van der Waals surface area contributed by atoms with E-state index >= 15 is 0 Å². The molecule has 0 aliphatic heterocycles.